The molecule has 0 radical (unpaired) electrons. The second-order valence-corrected chi connectivity index (χ2v) is 9.17. The van der Waals surface area contributed by atoms with Crippen molar-refractivity contribution < 1.29 is 14.2 Å². The Balaban J connectivity index is 1.79. The molecule has 0 aliphatic carbocycles. The summed E-state index contributed by atoms with van der Waals surface area (Å²) in [5.41, 5.74) is 2.11. The summed E-state index contributed by atoms with van der Waals surface area (Å²) >= 11 is 12.2. The number of anilines is 1. The van der Waals surface area contributed by atoms with E-state index in [9.17, 15) is 14.4 Å². The van der Waals surface area contributed by atoms with E-state index in [0.717, 1.165) is 10.5 Å². The molecule has 0 saturated heterocycles. The number of pyridine rings is 1. The third-order valence-corrected chi connectivity index (χ3v) is 6.75. The summed E-state index contributed by atoms with van der Waals surface area (Å²) in [4.78, 5) is 42.5. The number of hydrogen-bond donors (Lipinski definition) is 1. The summed E-state index contributed by atoms with van der Waals surface area (Å²) in [6.07, 6.45) is 3.86. The van der Waals surface area contributed by atoms with Gasteiger partial charge in [-0.3, -0.25) is 19.5 Å². The van der Waals surface area contributed by atoms with Gasteiger partial charge in [0.25, 0.3) is 17.2 Å². The lowest BCUT2D eigenvalue weighted by Gasteiger charge is -2.13. The summed E-state index contributed by atoms with van der Waals surface area (Å²) < 4.78 is 2.91. The van der Waals surface area contributed by atoms with Crippen LogP contribution in [0.1, 0.15) is 23.7 Å². The maximum Gasteiger partial charge on any atom is 0.331 e. The van der Waals surface area contributed by atoms with Gasteiger partial charge in [0.15, 0.2) is 12.4 Å². The summed E-state index contributed by atoms with van der Waals surface area (Å²) in [6, 6.07) is 17.1. The molecule has 2 aromatic carbocycles. The van der Waals surface area contributed by atoms with Gasteiger partial charge in [-0.15, -0.1) is 0 Å². The summed E-state index contributed by atoms with van der Waals surface area (Å²) in [7, 11) is 0. The van der Waals surface area contributed by atoms with Crippen molar-refractivity contribution in [2.24, 2.45) is 0 Å². The smallest absolute Gasteiger partial charge is 0.294 e. The number of nitrogens with zero attached hydrogens (tertiary/aromatic N) is 3. The Hall–Kier alpha value is -3.94. The molecule has 0 spiro atoms. The zero-order valence-electron chi connectivity index (χ0n) is 19.5. The number of benzene rings is 2. The van der Waals surface area contributed by atoms with E-state index in [2.05, 4.69) is 5.10 Å². The third-order valence-electron chi connectivity index (χ3n) is 6.01. The predicted molar refractivity (Wildman–Crippen MR) is 139 cm³/mol. The molecule has 0 bridgehead atoms. The van der Waals surface area contributed by atoms with Crippen LogP contribution in [0.5, 0.6) is 0 Å². The van der Waals surface area contributed by atoms with Gasteiger partial charge >= 0.3 is 5.91 Å². The van der Waals surface area contributed by atoms with Crippen molar-refractivity contribution in [3.8, 4) is 5.69 Å². The molecule has 3 heterocycles. The highest BCUT2D eigenvalue weighted by Gasteiger charge is 2.48. The molecule has 36 heavy (non-hydrogen) atoms. The topological polar surface area (TPSA) is 79.1 Å². The second kappa shape index (κ2) is 9.26. The number of H-pyrrole nitrogens is 1. The van der Waals surface area contributed by atoms with Crippen molar-refractivity contribution in [3.05, 3.63) is 110 Å². The lowest BCUT2D eigenvalue weighted by Crippen LogP contribution is -2.39. The molecule has 9 heteroatoms. The van der Waals surface area contributed by atoms with Crippen LogP contribution in [0.4, 0.5) is 5.69 Å². The molecule has 1 aliphatic heterocycles. The van der Waals surface area contributed by atoms with Crippen molar-refractivity contribution in [2.75, 3.05) is 4.90 Å². The Morgan fingerprint density at radius 3 is 2.31 bits per heavy atom. The summed E-state index contributed by atoms with van der Waals surface area (Å²) in [5, 5.41) is 3.73. The fourth-order valence-corrected chi connectivity index (χ4v) is 4.62. The molecular formula is C27H21Cl2N4O3+. The Kier molecular flexibility index (Phi) is 6.12. The molecule has 1 N–H and O–H groups in total. The van der Waals surface area contributed by atoms with Crippen LogP contribution in [0.2, 0.25) is 10.0 Å². The molecule has 0 fully saturated rings. The number of halogens is 2. The van der Waals surface area contributed by atoms with Crippen LogP contribution in [0.3, 0.4) is 0 Å². The minimum Gasteiger partial charge on any atom is -0.294 e. The molecule has 1 aliphatic rings. The molecular weight excluding hydrogens is 499 g/mol. The van der Waals surface area contributed by atoms with E-state index in [1.807, 2.05) is 19.9 Å². The lowest BCUT2D eigenvalue weighted by molar-refractivity contribution is -0.577. The first-order chi connectivity index (χ1) is 17.3. The van der Waals surface area contributed by atoms with Gasteiger partial charge in [0.2, 0.25) is 0 Å². The first-order valence-corrected chi connectivity index (χ1v) is 12.0. The molecule has 0 unspecified atom stereocenters. The van der Waals surface area contributed by atoms with Crippen LogP contribution in [0, 0.1) is 6.92 Å². The lowest BCUT2D eigenvalue weighted by atomic mass is 10.0. The van der Waals surface area contributed by atoms with Crippen LogP contribution in [-0.4, -0.2) is 21.6 Å². The van der Waals surface area contributed by atoms with Crippen molar-refractivity contribution >= 4 is 52.0 Å². The first-order valence-electron chi connectivity index (χ1n) is 11.3. The summed E-state index contributed by atoms with van der Waals surface area (Å²) in [6.45, 7) is 3.75. The largest absolute Gasteiger partial charge is 0.331 e. The zero-order chi connectivity index (χ0) is 25.6. The number of carbonyl (C=O) groups is 2. The minimum atomic E-state index is -0.567. The van der Waals surface area contributed by atoms with E-state index in [1.54, 1.807) is 71.6 Å². The zero-order valence-corrected chi connectivity index (χ0v) is 21.0. The van der Waals surface area contributed by atoms with Crippen LogP contribution < -0.4 is 15.0 Å². The van der Waals surface area contributed by atoms with Gasteiger partial charge in [0.1, 0.15) is 5.57 Å². The Morgan fingerprint density at radius 2 is 1.64 bits per heavy atom. The predicted octanol–water partition coefficient (Wildman–Crippen LogP) is 4.57. The van der Waals surface area contributed by atoms with Crippen molar-refractivity contribution in [1.29, 1.82) is 0 Å². The number of aromatic amines is 1. The summed E-state index contributed by atoms with van der Waals surface area (Å²) in [5.74, 6) is -1.08. The van der Waals surface area contributed by atoms with Gasteiger partial charge in [-0.1, -0.05) is 48.3 Å². The molecule has 7 nitrogen and oxygen atoms in total. The van der Waals surface area contributed by atoms with Crippen molar-refractivity contribution in [1.82, 2.24) is 9.78 Å². The van der Waals surface area contributed by atoms with Crippen LogP contribution >= 0.6 is 23.2 Å². The maximum atomic E-state index is 13.9. The molecule has 2 aromatic heterocycles. The van der Waals surface area contributed by atoms with Gasteiger partial charge in [0, 0.05) is 17.3 Å². The third kappa shape index (κ3) is 3.86. The quantitative estimate of drug-likeness (QED) is 0.309. The highest BCUT2D eigenvalue weighted by molar-refractivity contribution is 6.53. The second-order valence-electron chi connectivity index (χ2n) is 8.35. The van der Waals surface area contributed by atoms with E-state index in [0.29, 0.717) is 28.5 Å². The van der Waals surface area contributed by atoms with Gasteiger partial charge < -0.3 is 0 Å². The number of imide groups is 1. The number of aryl methyl sites for hydroxylation is 2. The van der Waals surface area contributed by atoms with Gasteiger partial charge in [0.05, 0.1) is 27.0 Å². The van der Waals surface area contributed by atoms with Crippen LogP contribution in [0.15, 0.2) is 77.9 Å². The van der Waals surface area contributed by atoms with Crippen molar-refractivity contribution in [3.63, 3.8) is 0 Å². The van der Waals surface area contributed by atoms with Gasteiger partial charge in [-0.05, 0) is 49.7 Å². The molecule has 180 valence electrons. The van der Waals surface area contributed by atoms with Crippen LogP contribution in [0.25, 0.3) is 17.0 Å². The fourth-order valence-electron chi connectivity index (χ4n) is 4.33. The Morgan fingerprint density at radius 1 is 0.889 bits per heavy atom. The molecule has 0 saturated carbocycles. The van der Waals surface area contributed by atoms with Crippen LogP contribution in [-0.2, 0) is 16.0 Å². The molecule has 0 atom stereocenters. The molecule has 5 rings (SSSR count). The SMILES string of the molecule is CCc1[nH]n(-c2ccc(Cl)c(Cl)c2)c(=O)c1C1=C([n+]2cccc(C)c2)C(=O)N(c2ccccc2)C1=O. The van der Waals surface area contributed by atoms with E-state index in [1.165, 1.54) is 4.68 Å². The standard InChI is InChI=1S/C27H20Cl2N4O3/c1-3-21-22(26(35)33(30-21)18-11-12-19(28)20(29)14-18)23-24(31-13-7-8-16(2)15-31)27(36)32(25(23)34)17-9-5-4-6-10-17/h4-15H,3H2,1-2H3/p+1. The monoisotopic (exact) mass is 519 g/mol. The minimum absolute atomic E-state index is 0.0383. The number of hydrogen-bond acceptors (Lipinski definition) is 3. The number of amides is 2. The maximum absolute atomic E-state index is 13.9. The normalized spacial score (nSPS) is 13.7. The number of carbonyl (C=O) groups excluding carboxylic acids is 2. The Labute approximate surface area is 216 Å². The number of nitrogens with one attached hydrogen (secondary N) is 1. The fraction of sp³-hybridized carbons (Fsp3) is 0.111. The highest BCUT2D eigenvalue weighted by atomic mass is 35.5. The highest BCUT2D eigenvalue weighted by Crippen LogP contribution is 2.33. The first kappa shape index (κ1) is 23.8. The van der Waals surface area contributed by atoms with Gasteiger partial charge in [-0.2, -0.15) is 4.57 Å². The average molecular weight is 520 g/mol. The van der Waals surface area contributed by atoms with E-state index in [4.69, 9.17) is 23.2 Å². The van der Waals surface area contributed by atoms with E-state index in [-0.39, 0.29) is 21.9 Å². The number of aromatic nitrogens is 3. The number of para-hydroxylation sites is 1. The van der Waals surface area contributed by atoms with E-state index >= 15 is 0 Å². The molecule has 2 amide bonds. The average Bonchev–Trinajstić information content (AvgIpc) is 3.33. The van der Waals surface area contributed by atoms with E-state index < -0.39 is 17.4 Å². The number of rotatable bonds is 5. The van der Waals surface area contributed by atoms with Gasteiger partial charge in [-0.25, -0.2) is 9.58 Å². The molecule has 4 aromatic rings. The van der Waals surface area contributed by atoms with Crippen molar-refractivity contribution in [2.45, 2.75) is 20.3 Å². The Bertz CT molecular complexity index is 1620.